The summed E-state index contributed by atoms with van der Waals surface area (Å²) in [6.07, 6.45) is 3.89. The molecule has 2 aromatic carbocycles. The molecule has 0 aromatic heterocycles. The number of hydrogen-bond donors (Lipinski definition) is 3. The Kier molecular flexibility index (Phi) is 6.10. The van der Waals surface area contributed by atoms with Crippen molar-refractivity contribution < 1.29 is 9.18 Å². The average molecular weight is 479 g/mol. The van der Waals surface area contributed by atoms with E-state index in [0.29, 0.717) is 18.2 Å². The van der Waals surface area contributed by atoms with Crippen molar-refractivity contribution >= 4 is 11.6 Å². The summed E-state index contributed by atoms with van der Waals surface area (Å²) in [6, 6.07) is 12.3. The molecule has 3 N–H and O–H groups in total. The van der Waals surface area contributed by atoms with Crippen LogP contribution in [0.2, 0.25) is 0 Å². The maximum absolute atomic E-state index is 14.7. The van der Waals surface area contributed by atoms with E-state index in [9.17, 15) is 9.18 Å². The number of halogens is 1. The maximum atomic E-state index is 14.7. The zero-order chi connectivity index (χ0) is 24.1. The van der Waals surface area contributed by atoms with Gasteiger partial charge < -0.3 is 4.90 Å². The fourth-order valence-corrected chi connectivity index (χ4v) is 6.30. The third-order valence-corrected chi connectivity index (χ3v) is 8.39. The lowest BCUT2D eigenvalue weighted by Crippen LogP contribution is -2.60. The highest BCUT2D eigenvalue weighted by Gasteiger charge is 2.44. The highest BCUT2D eigenvalue weighted by molar-refractivity contribution is 5.94. The Bertz CT molecular complexity index is 1100. The summed E-state index contributed by atoms with van der Waals surface area (Å²) < 4.78 is 14.7. The number of aryl methyl sites for hydroxylation is 1. The molecule has 1 amide bonds. The molecule has 186 valence electrons. The van der Waals surface area contributed by atoms with Gasteiger partial charge in [-0.05, 0) is 74.6 Å². The summed E-state index contributed by atoms with van der Waals surface area (Å²) in [4.78, 5) is 18.0. The predicted molar refractivity (Wildman–Crippen MR) is 134 cm³/mol. The molecule has 0 spiro atoms. The van der Waals surface area contributed by atoms with Gasteiger partial charge >= 0.3 is 0 Å². The zero-order valence-electron chi connectivity index (χ0n) is 20.6. The fraction of sp³-hybridized carbons (Fsp3) is 0.519. The number of carbonyl (C=O) groups excluding carboxylic acids is 1. The molecule has 0 radical (unpaired) electrons. The Morgan fingerprint density at radius 2 is 1.86 bits per heavy atom. The Balaban J connectivity index is 1.20. The Morgan fingerprint density at radius 3 is 2.66 bits per heavy atom. The van der Waals surface area contributed by atoms with Gasteiger partial charge in [-0.25, -0.2) is 20.3 Å². The van der Waals surface area contributed by atoms with Crippen LogP contribution in [-0.2, 0) is 17.8 Å². The largest absolute Gasteiger partial charge is 0.306 e. The molecule has 7 nitrogen and oxygen atoms in total. The summed E-state index contributed by atoms with van der Waals surface area (Å²) in [5.74, 6) is -0.517. The van der Waals surface area contributed by atoms with Crippen molar-refractivity contribution in [3.63, 3.8) is 0 Å². The second-order valence-electron chi connectivity index (χ2n) is 10.6. The van der Waals surface area contributed by atoms with Crippen molar-refractivity contribution in [3.8, 4) is 0 Å². The van der Waals surface area contributed by atoms with Crippen LogP contribution < -0.4 is 21.3 Å². The number of likely N-dealkylation sites (tertiary alicyclic amines) is 1. The topological polar surface area (TPSA) is 62.9 Å². The number of anilines is 1. The van der Waals surface area contributed by atoms with Crippen molar-refractivity contribution in [2.45, 2.75) is 63.3 Å². The van der Waals surface area contributed by atoms with Crippen LogP contribution in [0.15, 0.2) is 36.4 Å². The molecule has 0 saturated carbocycles. The molecule has 3 fully saturated rings. The van der Waals surface area contributed by atoms with E-state index in [-0.39, 0.29) is 29.8 Å². The SMILES string of the molecule is Cc1cccc(F)c1N1NC2C(CC1=O)NNC2c1ccc2c(c1)CCN(C1CCN(C)CC1)C2. The predicted octanol–water partition coefficient (Wildman–Crippen LogP) is 2.41. The quantitative estimate of drug-likeness (QED) is 0.630. The highest BCUT2D eigenvalue weighted by atomic mass is 19.1. The number of para-hydroxylation sites is 1. The lowest BCUT2D eigenvalue weighted by atomic mass is 9.89. The molecule has 3 saturated heterocycles. The van der Waals surface area contributed by atoms with Crippen LogP contribution in [0, 0.1) is 12.7 Å². The standard InChI is InChI=1S/C27H35FN6O/c1-17-4-3-5-22(28)27(17)34-24(35)15-23-26(31-34)25(30-29-23)19-6-7-20-16-33(13-8-18(20)14-19)21-9-11-32(2)12-10-21/h3-7,14,21,23,25-26,29-31H,8-13,15-16H2,1-2H3. The van der Waals surface area contributed by atoms with Crippen molar-refractivity contribution in [2.75, 3.05) is 31.7 Å². The van der Waals surface area contributed by atoms with Crippen molar-refractivity contribution in [3.05, 3.63) is 64.5 Å². The number of rotatable bonds is 3. The van der Waals surface area contributed by atoms with E-state index >= 15 is 0 Å². The van der Waals surface area contributed by atoms with Crippen LogP contribution in [0.1, 0.15) is 47.6 Å². The molecule has 3 atom stereocenters. The Hall–Kier alpha value is -2.36. The number of hydrogen-bond acceptors (Lipinski definition) is 6. The molecule has 8 heteroatoms. The first-order valence-corrected chi connectivity index (χ1v) is 12.9. The van der Waals surface area contributed by atoms with E-state index in [1.54, 1.807) is 6.07 Å². The van der Waals surface area contributed by atoms with Gasteiger partial charge in [0.15, 0.2) is 0 Å². The van der Waals surface area contributed by atoms with Crippen molar-refractivity contribution in [1.29, 1.82) is 0 Å². The minimum absolute atomic E-state index is 0.0140. The number of fused-ring (bicyclic) bond motifs is 2. The van der Waals surface area contributed by atoms with Gasteiger partial charge in [0.2, 0.25) is 5.91 Å². The lowest BCUT2D eigenvalue weighted by molar-refractivity contribution is -0.121. The molecule has 3 unspecified atom stereocenters. The van der Waals surface area contributed by atoms with E-state index in [0.717, 1.165) is 25.1 Å². The van der Waals surface area contributed by atoms with Crippen LogP contribution in [0.25, 0.3) is 0 Å². The van der Waals surface area contributed by atoms with E-state index in [4.69, 9.17) is 0 Å². The molecule has 6 rings (SSSR count). The molecule has 0 aliphatic carbocycles. The van der Waals surface area contributed by atoms with E-state index < -0.39 is 0 Å². The summed E-state index contributed by atoms with van der Waals surface area (Å²) >= 11 is 0. The third-order valence-electron chi connectivity index (χ3n) is 8.39. The fourth-order valence-electron chi connectivity index (χ4n) is 6.30. The molecule has 4 heterocycles. The minimum Gasteiger partial charge on any atom is -0.306 e. The third kappa shape index (κ3) is 4.27. The smallest absolute Gasteiger partial charge is 0.243 e. The van der Waals surface area contributed by atoms with Crippen LogP contribution in [0.3, 0.4) is 0 Å². The Morgan fingerprint density at radius 1 is 1.03 bits per heavy atom. The van der Waals surface area contributed by atoms with E-state index in [1.807, 2.05) is 13.0 Å². The molecular formula is C27H35FN6O. The van der Waals surface area contributed by atoms with E-state index in [2.05, 4.69) is 51.3 Å². The zero-order valence-corrected chi connectivity index (χ0v) is 20.6. The molecule has 35 heavy (non-hydrogen) atoms. The van der Waals surface area contributed by atoms with Gasteiger partial charge in [0, 0.05) is 31.6 Å². The van der Waals surface area contributed by atoms with Gasteiger partial charge in [-0.15, -0.1) is 0 Å². The lowest BCUT2D eigenvalue weighted by Gasteiger charge is -2.40. The molecule has 0 bridgehead atoms. The molecular weight excluding hydrogens is 443 g/mol. The van der Waals surface area contributed by atoms with Gasteiger partial charge in [0.25, 0.3) is 0 Å². The van der Waals surface area contributed by atoms with Crippen LogP contribution in [0.5, 0.6) is 0 Å². The summed E-state index contributed by atoms with van der Waals surface area (Å²) in [6.45, 7) is 6.35. The van der Waals surface area contributed by atoms with Crippen LogP contribution in [-0.4, -0.2) is 60.5 Å². The maximum Gasteiger partial charge on any atom is 0.243 e. The first kappa shape index (κ1) is 23.1. The number of carbonyl (C=O) groups is 1. The van der Waals surface area contributed by atoms with Gasteiger partial charge in [-0.2, -0.15) is 0 Å². The highest BCUT2D eigenvalue weighted by Crippen LogP contribution is 2.34. The normalized spacial score (nSPS) is 28.3. The monoisotopic (exact) mass is 478 g/mol. The average Bonchev–Trinajstić information content (AvgIpc) is 3.26. The number of amides is 1. The number of nitrogens with one attached hydrogen (secondary N) is 3. The van der Waals surface area contributed by atoms with Crippen molar-refractivity contribution in [1.82, 2.24) is 26.1 Å². The first-order valence-electron chi connectivity index (χ1n) is 12.9. The van der Waals surface area contributed by atoms with Crippen molar-refractivity contribution in [2.24, 2.45) is 0 Å². The summed E-state index contributed by atoms with van der Waals surface area (Å²) in [5, 5.41) is 1.42. The van der Waals surface area contributed by atoms with Crippen LogP contribution >= 0.6 is 0 Å². The van der Waals surface area contributed by atoms with Crippen LogP contribution in [0.4, 0.5) is 10.1 Å². The summed E-state index contributed by atoms with van der Waals surface area (Å²) in [7, 11) is 2.22. The number of hydrazine groups is 2. The van der Waals surface area contributed by atoms with E-state index in [1.165, 1.54) is 53.7 Å². The summed E-state index contributed by atoms with van der Waals surface area (Å²) in [5.41, 5.74) is 15.2. The number of benzene rings is 2. The molecule has 2 aromatic rings. The number of nitrogens with zero attached hydrogens (tertiary/aromatic N) is 3. The Labute approximate surface area is 206 Å². The van der Waals surface area contributed by atoms with Gasteiger partial charge in [0.05, 0.1) is 17.8 Å². The number of piperidine rings is 1. The second-order valence-corrected chi connectivity index (χ2v) is 10.6. The van der Waals surface area contributed by atoms with Gasteiger partial charge in [-0.3, -0.25) is 15.1 Å². The van der Waals surface area contributed by atoms with Gasteiger partial charge in [0.1, 0.15) is 5.82 Å². The second kappa shape index (κ2) is 9.26. The first-order chi connectivity index (χ1) is 17.0. The molecule has 4 aliphatic rings. The van der Waals surface area contributed by atoms with Gasteiger partial charge in [-0.1, -0.05) is 30.3 Å². The minimum atomic E-state index is -0.386. The molecule has 4 aliphatic heterocycles.